The Morgan fingerprint density at radius 3 is 2.21 bits per heavy atom. The van der Waals surface area contributed by atoms with Gasteiger partial charge in [-0.1, -0.05) is 88.6 Å². The van der Waals surface area contributed by atoms with Gasteiger partial charge in [-0.15, -0.1) is 0 Å². The van der Waals surface area contributed by atoms with Crippen LogP contribution in [0.3, 0.4) is 0 Å². The van der Waals surface area contributed by atoms with Gasteiger partial charge in [-0.25, -0.2) is 4.79 Å². The molecule has 2 aromatic rings. The molecule has 0 aliphatic rings. The van der Waals surface area contributed by atoms with Gasteiger partial charge in [0.25, 0.3) is 0 Å². The Hall–Kier alpha value is -3.55. The Morgan fingerprint density at radius 1 is 0.974 bits per heavy atom. The number of phenolic OH excluding ortho intramolecular Hbond substituents is 1. The molecule has 0 aliphatic carbocycles. The maximum atomic E-state index is 14.2. The van der Waals surface area contributed by atoms with Gasteiger partial charge in [0.05, 0.1) is 0 Å². The number of alkyl carbamates (subject to hydrolysis) is 1. The number of benzene rings is 2. The molecule has 3 atom stereocenters. The lowest BCUT2D eigenvalue weighted by Gasteiger charge is -2.36. The Bertz CT molecular complexity index is 1070. The average Bonchev–Trinajstić information content (AvgIpc) is 2.89. The number of hydrogen-bond acceptors (Lipinski definition) is 5. The maximum absolute atomic E-state index is 14.2. The smallest absolute Gasteiger partial charge is 0.408 e. The number of nitrogens with one attached hydrogen (secondary N) is 2. The molecule has 0 radical (unpaired) electrons. The summed E-state index contributed by atoms with van der Waals surface area (Å²) in [5.41, 5.74) is 0.506. The summed E-state index contributed by atoms with van der Waals surface area (Å²) in [4.78, 5) is 42.3. The fraction of sp³-hybridized carbons (Fsp3) is 0.516. The molecule has 0 fully saturated rings. The summed E-state index contributed by atoms with van der Waals surface area (Å²) in [7, 11) is 0. The molecule has 3 unspecified atom stereocenters. The van der Waals surface area contributed by atoms with Crippen molar-refractivity contribution in [3.8, 4) is 5.75 Å². The van der Waals surface area contributed by atoms with E-state index in [9.17, 15) is 19.5 Å². The fourth-order valence-corrected chi connectivity index (χ4v) is 4.25. The van der Waals surface area contributed by atoms with Crippen LogP contribution < -0.4 is 10.6 Å². The van der Waals surface area contributed by atoms with Crippen molar-refractivity contribution in [2.45, 2.75) is 91.5 Å². The van der Waals surface area contributed by atoms with Gasteiger partial charge in [0.15, 0.2) is 0 Å². The minimum Gasteiger partial charge on any atom is -0.508 e. The molecular weight excluding hydrogens is 494 g/mol. The van der Waals surface area contributed by atoms with Gasteiger partial charge in [0.1, 0.15) is 23.4 Å². The van der Waals surface area contributed by atoms with Crippen molar-refractivity contribution in [3.63, 3.8) is 0 Å². The van der Waals surface area contributed by atoms with Gasteiger partial charge in [0, 0.05) is 18.7 Å². The first-order valence-electron chi connectivity index (χ1n) is 13.9. The van der Waals surface area contributed by atoms with Crippen molar-refractivity contribution in [2.24, 2.45) is 5.92 Å². The van der Waals surface area contributed by atoms with Crippen molar-refractivity contribution in [2.75, 3.05) is 6.54 Å². The predicted octanol–water partition coefficient (Wildman–Crippen LogP) is 5.71. The van der Waals surface area contributed by atoms with Crippen LogP contribution in [-0.4, -0.2) is 46.1 Å². The van der Waals surface area contributed by atoms with Crippen molar-refractivity contribution < 1.29 is 24.2 Å². The summed E-state index contributed by atoms with van der Waals surface area (Å²) >= 11 is 0. The average molecular weight is 540 g/mol. The van der Waals surface area contributed by atoms with E-state index in [4.69, 9.17) is 4.74 Å². The van der Waals surface area contributed by atoms with Gasteiger partial charge < -0.3 is 25.4 Å². The fourth-order valence-electron chi connectivity index (χ4n) is 4.25. The second-order valence-electron chi connectivity index (χ2n) is 10.9. The number of nitrogens with zero attached hydrogens (tertiary/aromatic N) is 1. The van der Waals surface area contributed by atoms with Crippen LogP contribution in [0.2, 0.25) is 0 Å². The SMILES string of the molecule is CCCCCN(C(=O)C(NC(=O)OC(C)(C)C)C(C)CC)C(C(=O)NCc1ccccc1)c1ccccc1O. The monoisotopic (exact) mass is 539 g/mol. The van der Waals surface area contributed by atoms with E-state index in [0.29, 0.717) is 18.4 Å². The lowest BCUT2D eigenvalue weighted by atomic mass is 9.95. The van der Waals surface area contributed by atoms with Crippen molar-refractivity contribution in [1.29, 1.82) is 0 Å². The normalized spacial score (nSPS) is 13.6. The first kappa shape index (κ1) is 31.7. The van der Waals surface area contributed by atoms with E-state index in [0.717, 1.165) is 18.4 Å². The van der Waals surface area contributed by atoms with E-state index in [2.05, 4.69) is 17.6 Å². The Kier molecular flexibility index (Phi) is 12.3. The van der Waals surface area contributed by atoms with Gasteiger partial charge >= 0.3 is 6.09 Å². The number of rotatable bonds is 13. The quantitative estimate of drug-likeness (QED) is 0.283. The lowest BCUT2D eigenvalue weighted by Crippen LogP contribution is -2.55. The van der Waals surface area contributed by atoms with Crippen LogP contribution in [0.4, 0.5) is 4.79 Å². The van der Waals surface area contributed by atoms with E-state index in [-0.39, 0.29) is 24.8 Å². The largest absolute Gasteiger partial charge is 0.508 e. The molecule has 8 heteroatoms. The van der Waals surface area contributed by atoms with E-state index in [1.807, 2.05) is 44.2 Å². The predicted molar refractivity (Wildman–Crippen MR) is 153 cm³/mol. The summed E-state index contributed by atoms with van der Waals surface area (Å²) in [5.74, 6) is -1.11. The van der Waals surface area contributed by atoms with Crippen molar-refractivity contribution in [1.82, 2.24) is 15.5 Å². The Labute approximate surface area is 233 Å². The number of para-hydroxylation sites is 1. The van der Waals surface area contributed by atoms with Gasteiger partial charge in [0.2, 0.25) is 11.8 Å². The molecule has 3 amide bonds. The molecule has 0 heterocycles. The maximum Gasteiger partial charge on any atom is 0.408 e. The van der Waals surface area contributed by atoms with E-state index in [1.165, 1.54) is 11.0 Å². The molecule has 39 heavy (non-hydrogen) atoms. The van der Waals surface area contributed by atoms with Crippen LogP contribution in [0.15, 0.2) is 54.6 Å². The summed E-state index contributed by atoms with van der Waals surface area (Å²) < 4.78 is 5.45. The summed E-state index contributed by atoms with van der Waals surface area (Å²) in [6, 6.07) is 14.0. The number of hydrogen-bond donors (Lipinski definition) is 3. The second-order valence-corrected chi connectivity index (χ2v) is 10.9. The first-order chi connectivity index (χ1) is 18.5. The lowest BCUT2D eigenvalue weighted by molar-refractivity contribution is -0.143. The highest BCUT2D eigenvalue weighted by Gasteiger charge is 2.38. The van der Waals surface area contributed by atoms with Crippen LogP contribution >= 0.6 is 0 Å². The third-order valence-corrected chi connectivity index (χ3v) is 6.54. The van der Waals surface area contributed by atoms with Gasteiger partial charge in [-0.2, -0.15) is 0 Å². The molecule has 0 bridgehead atoms. The Morgan fingerprint density at radius 2 is 1.62 bits per heavy atom. The summed E-state index contributed by atoms with van der Waals surface area (Å²) in [5, 5.41) is 16.5. The first-order valence-corrected chi connectivity index (χ1v) is 13.9. The third-order valence-electron chi connectivity index (χ3n) is 6.54. The van der Waals surface area contributed by atoms with Gasteiger partial charge in [-0.3, -0.25) is 9.59 Å². The highest BCUT2D eigenvalue weighted by Crippen LogP contribution is 2.31. The van der Waals surface area contributed by atoms with E-state index >= 15 is 0 Å². The Balaban J connectivity index is 2.49. The summed E-state index contributed by atoms with van der Waals surface area (Å²) in [6.45, 7) is 11.7. The molecule has 0 saturated carbocycles. The van der Waals surface area contributed by atoms with Crippen molar-refractivity contribution in [3.05, 3.63) is 65.7 Å². The van der Waals surface area contributed by atoms with Gasteiger partial charge in [-0.05, 0) is 44.7 Å². The molecule has 2 rings (SSSR count). The molecule has 2 aromatic carbocycles. The van der Waals surface area contributed by atoms with Crippen molar-refractivity contribution >= 4 is 17.9 Å². The zero-order valence-electron chi connectivity index (χ0n) is 24.2. The third kappa shape index (κ3) is 9.93. The number of amides is 3. The minimum absolute atomic E-state index is 0.0779. The molecule has 0 saturated heterocycles. The molecule has 0 spiro atoms. The van der Waals surface area contributed by atoms with Crippen LogP contribution in [0.25, 0.3) is 0 Å². The topological polar surface area (TPSA) is 108 Å². The highest BCUT2D eigenvalue weighted by molar-refractivity contribution is 5.92. The minimum atomic E-state index is -1.09. The number of carbonyl (C=O) groups is 3. The number of phenols is 1. The molecular formula is C31H45N3O5. The standard InChI is InChI=1S/C31H45N3O5/c1-7-9-15-20-34(29(37)26(22(3)8-2)33-30(38)39-31(4,5)6)27(24-18-13-14-19-25(24)35)28(36)32-21-23-16-11-10-12-17-23/h10-14,16-19,22,26-27,35H,7-9,15,20-21H2,1-6H3,(H,32,36)(H,33,38). The van der Waals surface area contributed by atoms with Crippen LogP contribution in [0.5, 0.6) is 5.75 Å². The zero-order chi connectivity index (χ0) is 29.0. The number of carbonyl (C=O) groups excluding carboxylic acids is 3. The van der Waals surface area contributed by atoms with Crippen LogP contribution in [0, 0.1) is 5.92 Å². The molecule has 214 valence electrons. The molecule has 0 aromatic heterocycles. The highest BCUT2D eigenvalue weighted by atomic mass is 16.6. The van der Waals surface area contributed by atoms with Crippen LogP contribution in [0.1, 0.15) is 84.4 Å². The molecule has 3 N–H and O–H groups in total. The molecule has 8 nitrogen and oxygen atoms in total. The van der Waals surface area contributed by atoms with E-state index < -0.39 is 35.6 Å². The number of unbranched alkanes of at least 4 members (excludes halogenated alkanes) is 2. The van der Waals surface area contributed by atoms with E-state index in [1.54, 1.807) is 39.0 Å². The zero-order valence-corrected chi connectivity index (χ0v) is 24.2. The molecule has 0 aliphatic heterocycles. The van der Waals surface area contributed by atoms with Crippen LogP contribution in [-0.2, 0) is 20.9 Å². The summed E-state index contributed by atoms with van der Waals surface area (Å²) in [6.07, 6.45) is 2.38. The number of aromatic hydroxyl groups is 1. The number of ether oxygens (including phenoxy) is 1. The second kappa shape index (κ2) is 15.1.